The maximum Gasteiger partial charge on any atom is 0.416 e. The number of hydrogen-bond donors (Lipinski definition) is 1. The zero-order chi connectivity index (χ0) is 19.6. The van der Waals surface area contributed by atoms with Gasteiger partial charge >= 0.3 is 12.1 Å². The number of halogens is 3. The molecule has 142 valence electrons. The minimum Gasteiger partial charge on any atom is -0.469 e. The van der Waals surface area contributed by atoms with Crippen molar-refractivity contribution in [2.24, 2.45) is 5.92 Å². The van der Waals surface area contributed by atoms with E-state index >= 15 is 0 Å². The van der Waals surface area contributed by atoms with Gasteiger partial charge in [-0.25, -0.2) is 0 Å². The second-order valence-electron chi connectivity index (χ2n) is 5.78. The molecule has 0 radical (unpaired) electrons. The Morgan fingerprint density at radius 1 is 1.19 bits per heavy atom. The monoisotopic (exact) mass is 377 g/mol. The molecule has 1 aliphatic carbocycles. The molecule has 1 saturated carbocycles. The highest BCUT2D eigenvalue weighted by molar-refractivity contribution is 5.76. The van der Waals surface area contributed by atoms with E-state index in [1.165, 1.54) is 7.11 Å². The number of nitro groups is 2. The molecule has 9 nitrogen and oxygen atoms in total. The van der Waals surface area contributed by atoms with E-state index in [1.807, 2.05) is 0 Å². The van der Waals surface area contributed by atoms with Crippen LogP contribution in [0.3, 0.4) is 0 Å². The maximum absolute atomic E-state index is 12.9. The largest absolute Gasteiger partial charge is 0.469 e. The summed E-state index contributed by atoms with van der Waals surface area (Å²) in [4.78, 5) is 31.6. The van der Waals surface area contributed by atoms with Gasteiger partial charge in [0.15, 0.2) is 5.69 Å². The molecule has 0 aliphatic heterocycles. The highest BCUT2D eigenvalue weighted by Crippen LogP contribution is 2.42. The van der Waals surface area contributed by atoms with Crippen LogP contribution in [0.2, 0.25) is 0 Å². The molecule has 0 saturated heterocycles. The lowest BCUT2D eigenvalue weighted by Crippen LogP contribution is -2.20. The van der Waals surface area contributed by atoms with Gasteiger partial charge in [-0.1, -0.05) is 0 Å². The van der Waals surface area contributed by atoms with Crippen molar-refractivity contribution in [2.75, 3.05) is 12.4 Å². The number of methoxy groups -OCH3 is 1. The van der Waals surface area contributed by atoms with E-state index in [4.69, 9.17) is 0 Å². The standard InChI is InChI=1S/C14H14F3N3O6/c1-26-13(21)7-2-3-9(4-7)18-12-10(19(22)23)5-8(14(15,16)17)6-11(12)20(24)25/h5-7,9,18H,2-4H2,1H3/t7-,9+/m0/s1. The average molecular weight is 377 g/mol. The van der Waals surface area contributed by atoms with Gasteiger partial charge in [0.05, 0.1) is 28.4 Å². The summed E-state index contributed by atoms with van der Waals surface area (Å²) in [5.41, 5.74) is -4.19. The second-order valence-corrected chi connectivity index (χ2v) is 5.78. The number of alkyl halides is 3. The molecule has 1 aliphatic rings. The summed E-state index contributed by atoms with van der Waals surface area (Å²) < 4.78 is 43.2. The number of rotatable bonds is 5. The van der Waals surface area contributed by atoms with Crippen LogP contribution >= 0.6 is 0 Å². The summed E-state index contributed by atoms with van der Waals surface area (Å²) in [5.74, 6) is -0.962. The zero-order valence-corrected chi connectivity index (χ0v) is 13.4. The van der Waals surface area contributed by atoms with Crippen LogP contribution in [0.4, 0.5) is 30.2 Å². The van der Waals surface area contributed by atoms with Gasteiger partial charge in [0.1, 0.15) is 0 Å². The summed E-state index contributed by atoms with van der Waals surface area (Å²) in [7, 11) is 1.20. The number of carbonyl (C=O) groups is 1. The van der Waals surface area contributed by atoms with E-state index in [0.29, 0.717) is 12.8 Å². The van der Waals surface area contributed by atoms with Gasteiger partial charge in [0.2, 0.25) is 0 Å². The molecule has 1 aromatic carbocycles. The SMILES string of the molecule is COC(=O)[C@H]1CC[C@@H](Nc2c([N+](=O)[O-])cc(C(F)(F)F)cc2[N+](=O)[O-])C1. The second kappa shape index (κ2) is 7.14. The van der Waals surface area contributed by atoms with Gasteiger partial charge in [-0.3, -0.25) is 25.0 Å². The number of ether oxygens (including phenoxy) is 1. The number of nitrogens with one attached hydrogen (secondary N) is 1. The lowest BCUT2D eigenvalue weighted by atomic mass is 10.1. The number of hydrogen-bond acceptors (Lipinski definition) is 7. The molecule has 0 heterocycles. The van der Waals surface area contributed by atoms with Gasteiger partial charge < -0.3 is 10.1 Å². The molecule has 1 N–H and O–H groups in total. The third-order valence-electron chi connectivity index (χ3n) is 4.13. The molecular formula is C14H14F3N3O6. The van der Waals surface area contributed by atoms with Gasteiger partial charge in [-0.15, -0.1) is 0 Å². The maximum atomic E-state index is 12.9. The fourth-order valence-corrected chi connectivity index (χ4v) is 2.91. The predicted molar refractivity (Wildman–Crippen MR) is 81.5 cm³/mol. The molecule has 0 bridgehead atoms. The van der Waals surface area contributed by atoms with Crippen LogP contribution in [0.15, 0.2) is 12.1 Å². The first kappa shape index (κ1) is 19.4. The van der Waals surface area contributed by atoms with Crippen LogP contribution < -0.4 is 5.32 Å². The highest BCUT2D eigenvalue weighted by atomic mass is 19.4. The summed E-state index contributed by atoms with van der Waals surface area (Å²) in [6, 6.07) is -0.0438. The Morgan fingerprint density at radius 3 is 2.15 bits per heavy atom. The number of nitro benzene ring substituents is 2. The molecule has 0 spiro atoms. The van der Waals surface area contributed by atoms with Gasteiger partial charge in [-0.2, -0.15) is 13.2 Å². The molecule has 2 atom stereocenters. The third-order valence-corrected chi connectivity index (χ3v) is 4.13. The highest BCUT2D eigenvalue weighted by Gasteiger charge is 2.39. The van der Waals surface area contributed by atoms with Crippen molar-refractivity contribution >= 4 is 23.0 Å². The van der Waals surface area contributed by atoms with Crippen molar-refractivity contribution < 1.29 is 32.5 Å². The predicted octanol–water partition coefficient (Wildman–Crippen LogP) is 3.28. The molecule has 1 fully saturated rings. The summed E-state index contributed by atoms with van der Waals surface area (Å²) in [6.07, 6.45) is -4.03. The normalized spacial score (nSPS) is 19.8. The Hall–Kier alpha value is -2.92. The topological polar surface area (TPSA) is 125 Å². The quantitative estimate of drug-likeness (QED) is 0.474. The lowest BCUT2D eigenvalue weighted by molar-refractivity contribution is -0.392. The van der Waals surface area contributed by atoms with Crippen LogP contribution in [0.5, 0.6) is 0 Å². The first-order chi connectivity index (χ1) is 12.0. The van der Waals surface area contributed by atoms with Crippen LogP contribution in [0.1, 0.15) is 24.8 Å². The number of carbonyl (C=O) groups excluding carboxylic acids is 1. The number of benzene rings is 1. The molecule has 12 heteroatoms. The lowest BCUT2D eigenvalue weighted by Gasteiger charge is -2.16. The summed E-state index contributed by atoms with van der Waals surface area (Å²) in [5, 5.41) is 24.9. The molecule has 0 amide bonds. The van der Waals surface area contributed by atoms with Crippen molar-refractivity contribution in [2.45, 2.75) is 31.5 Å². The summed E-state index contributed by atoms with van der Waals surface area (Å²) in [6.45, 7) is 0. The molecule has 2 rings (SSSR count). The first-order valence-corrected chi connectivity index (χ1v) is 7.43. The Morgan fingerprint density at radius 2 is 1.73 bits per heavy atom. The van der Waals surface area contributed by atoms with E-state index in [-0.39, 0.29) is 18.6 Å². The fraction of sp³-hybridized carbons (Fsp3) is 0.500. The van der Waals surface area contributed by atoms with Crippen LogP contribution in [-0.2, 0) is 15.7 Å². The third kappa shape index (κ3) is 4.00. The van der Waals surface area contributed by atoms with Crippen molar-refractivity contribution in [3.8, 4) is 0 Å². The fourth-order valence-electron chi connectivity index (χ4n) is 2.91. The molecular weight excluding hydrogens is 363 g/mol. The molecule has 0 unspecified atom stereocenters. The number of anilines is 1. The molecule has 26 heavy (non-hydrogen) atoms. The van der Waals surface area contributed by atoms with E-state index in [1.54, 1.807) is 0 Å². The Kier molecular flexibility index (Phi) is 5.33. The Balaban J connectivity index is 2.42. The Bertz CT molecular complexity index is 717. The minimum atomic E-state index is -4.97. The van der Waals surface area contributed by atoms with Gasteiger partial charge in [-0.05, 0) is 19.3 Å². The number of nitrogens with zero attached hydrogens (tertiary/aromatic N) is 2. The van der Waals surface area contributed by atoms with E-state index in [9.17, 15) is 38.2 Å². The van der Waals surface area contributed by atoms with Crippen molar-refractivity contribution in [1.29, 1.82) is 0 Å². The zero-order valence-electron chi connectivity index (χ0n) is 13.4. The average Bonchev–Trinajstić information content (AvgIpc) is 3.01. The Labute approximate surface area is 144 Å². The smallest absolute Gasteiger partial charge is 0.416 e. The van der Waals surface area contributed by atoms with Crippen molar-refractivity contribution in [3.05, 3.63) is 37.9 Å². The number of esters is 1. The molecule has 1 aromatic rings. The van der Waals surface area contributed by atoms with Crippen LogP contribution in [-0.4, -0.2) is 29.0 Å². The van der Waals surface area contributed by atoms with E-state index in [0.717, 1.165) is 0 Å². The van der Waals surface area contributed by atoms with E-state index in [2.05, 4.69) is 10.1 Å². The first-order valence-electron chi connectivity index (χ1n) is 7.43. The van der Waals surface area contributed by atoms with Gasteiger partial charge in [0.25, 0.3) is 11.4 Å². The van der Waals surface area contributed by atoms with Crippen LogP contribution in [0, 0.1) is 26.1 Å². The van der Waals surface area contributed by atoms with Crippen molar-refractivity contribution in [3.63, 3.8) is 0 Å². The summed E-state index contributed by atoms with van der Waals surface area (Å²) >= 11 is 0. The van der Waals surface area contributed by atoms with E-state index < -0.39 is 56.6 Å². The van der Waals surface area contributed by atoms with Crippen LogP contribution in [0.25, 0.3) is 0 Å². The van der Waals surface area contributed by atoms with Crippen molar-refractivity contribution in [1.82, 2.24) is 0 Å². The molecule has 0 aromatic heterocycles. The van der Waals surface area contributed by atoms with Gasteiger partial charge in [0, 0.05) is 18.2 Å². The minimum absolute atomic E-state index is 0.196.